The molecule has 13 heteroatoms. The zero-order valence-electron chi connectivity index (χ0n) is 20.7. The van der Waals surface area contributed by atoms with Gasteiger partial charge in [-0.05, 0) is 42.9 Å². The summed E-state index contributed by atoms with van der Waals surface area (Å²) in [6.45, 7) is 4.11. The average Bonchev–Trinajstić information content (AvgIpc) is 3.15. The van der Waals surface area contributed by atoms with Gasteiger partial charge in [0.15, 0.2) is 5.78 Å². The molecule has 2 amide bonds. The molecule has 1 aromatic rings. The van der Waals surface area contributed by atoms with Gasteiger partial charge in [-0.1, -0.05) is 37.6 Å². The number of ketones is 1. The van der Waals surface area contributed by atoms with Gasteiger partial charge in [0, 0.05) is 36.2 Å². The minimum atomic E-state index is -5.12. The Hall–Kier alpha value is -1.21. The number of Topliss-reactive ketones (excluding diaryl/α,β-unsaturated/α-hetero) is 1. The van der Waals surface area contributed by atoms with Crippen LogP contribution in [0.25, 0.3) is 0 Å². The van der Waals surface area contributed by atoms with Crippen molar-refractivity contribution in [2.45, 2.75) is 57.4 Å². The van der Waals surface area contributed by atoms with Crippen molar-refractivity contribution >= 4 is 39.5 Å². The Morgan fingerprint density at radius 3 is 2.58 bits per heavy atom. The summed E-state index contributed by atoms with van der Waals surface area (Å²) in [6, 6.07) is 6.06. The molecule has 1 saturated heterocycles. The van der Waals surface area contributed by atoms with Crippen molar-refractivity contribution in [3.63, 3.8) is 0 Å². The number of nitrogens with one attached hydrogen (secondary N) is 2. The van der Waals surface area contributed by atoms with E-state index >= 15 is 0 Å². The van der Waals surface area contributed by atoms with Gasteiger partial charge in [0.25, 0.3) is 0 Å². The van der Waals surface area contributed by atoms with Crippen LogP contribution in [0, 0.1) is 17.8 Å². The number of hydrogen-bond donors (Lipinski definition) is 3. The van der Waals surface area contributed by atoms with Crippen LogP contribution in [0.15, 0.2) is 24.3 Å². The number of aliphatic hydroxyl groups is 1. The molecule has 0 aromatic heterocycles. The standard InChI is InChI=1S/C23H33ClN2O8S.Na/c1-14(2)10-19(26-23(30)34-9-7-15-4-3-5-18(24)11-15)20(27)13-17(22(29)35(31,32)33)12-16-6-8-25-21(16)28;/h3-5,11,14,16-17,19,22,29H,6-10,12-13H2,1-2H3,(H,25,28)(H,26,30)(H,31,32,33);/q;+1/p-1/t16-,17+,19-,22?;/m0./s1. The Bertz CT molecular complexity index is 1010. The first-order chi connectivity index (χ1) is 16.4. The molecule has 10 nitrogen and oxygen atoms in total. The molecule has 1 fully saturated rings. The number of rotatable bonds is 13. The molecule has 0 aliphatic carbocycles. The fourth-order valence-electron chi connectivity index (χ4n) is 4.05. The van der Waals surface area contributed by atoms with E-state index < -0.39 is 51.7 Å². The summed E-state index contributed by atoms with van der Waals surface area (Å²) in [7, 11) is -5.12. The number of carbonyl (C=O) groups is 3. The van der Waals surface area contributed by atoms with Gasteiger partial charge >= 0.3 is 35.7 Å². The molecule has 1 aromatic carbocycles. The van der Waals surface area contributed by atoms with Gasteiger partial charge in [0.1, 0.15) is 15.6 Å². The fourth-order valence-corrected chi connectivity index (χ4v) is 4.94. The first kappa shape index (κ1) is 32.8. The number of aliphatic hydroxyl groups excluding tert-OH is 1. The molecule has 1 aliphatic heterocycles. The van der Waals surface area contributed by atoms with Crippen LogP contribution in [-0.2, 0) is 30.9 Å². The van der Waals surface area contributed by atoms with E-state index in [4.69, 9.17) is 16.3 Å². The van der Waals surface area contributed by atoms with Gasteiger partial charge in [-0.25, -0.2) is 13.2 Å². The van der Waals surface area contributed by atoms with Crippen LogP contribution >= 0.6 is 11.6 Å². The maximum Gasteiger partial charge on any atom is 1.00 e. The molecule has 0 saturated carbocycles. The van der Waals surface area contributed by atoms with Crippen molar-refractivity contribution in [3.05, 3.63) is 34.9 Å². The predicted molar refractivity (Wildman–Crippen MR) is 127 cm³/mol. The maximum absolute atomic E-state index is 13.1. The monoisotopic (exact) mass is 554 g/mol. The molecule has 0 bridgehead atoms. The second kappa shape index (κ2) is 15.3. The van der Waals surface area contributed by atoms with E-state index in [0.717, 1.165) is 5.56 Å². The van der Waals surface area contributed by atoms with E-state index in [9.17, 15) is 32.5 Å². The molecule has 0 radical (unpaired) electrons. The van der Waals surface area contributed by atoms with E-state index in [1.807, 2.05) is 19.9 Å². The third kappa shape index (κ3) is 11.0. The summed E-state index contributed by atoms with van der Waals surface area (Å²) < 4.78 is 39.6. The largest absolute Gasteiger partial charge is 1.00 e. The number of carbonyl (C=O) groups excluding carboxylic acids is 3. The normalized spacial score (nSPS) is 18.1. The van der Waals surface area contributed by atoms with Gasteiger partial charge in [0.2, 0.25) is 5.91 Å². The third-order valence-electron chi connectivity index (χ3n) is 5.81. The third-order valence-corrected chi connectivity index (χ3v) is 7.02. The quantitative estimate of drug-likeness (QED) is 0.206. The van der Waals surface area contributed by atoms with Crippen LogP contribution in [0.5, 0.6) is 0 Å². The molecule has 1 aliphatic rings. The van der Waals surface area contributed by atoms with Gasteiger partial charge < -0.3 is 25.0 Å². The van der Waals surface area contributed by atoms with Gasteiger partial charge in [-0.2, -0.15) is 0 Å². The molecule has 2 rings (SSSR count). The van der Waals surface area contributed by atoms with E-state index in [0.29, 0.717) is 24.4 Å². The number of amides is 2. The van der Waals surface area contributed by atoms with Gasteiger partial charge in [-0.3, -0.25) is 9.59 Å². The Balaban J connectivity index is 0.00000648. The zero-order valence-corrected chi connectivity index (χ0v) is 24.3. The second-order valence-electron chi connectivity index (χ2n) is 9.17. The SMILES string of the molecule is CC(C)C[C@H](NC(=O)OCCc1cccc(Cl)c1)C(=O)C[C@@H](C[C@@H]1CCNC1=O)C(O)S(=O)(=O)[O-].[Na+]. The molecular formula is C23H32ClN2NaO8S. The maximum atomic E-state index is 13.1. The van der Waals surface area contributed by atoms with Crippen molar-refractivity contribution in [3.8, 4) is 0 Å². The van der Waals surface area contributed by atoms with Crippen molar-refractivity contribution in [1.82, 2.24) is 10.6 Å². The van der Waals surface area contributed by atoms with Gasteiger partial charge in [-0.15, -0.1) is 0 Å². The van der Waals surface area contributed by atoms with E-state index in [1.165, 1.54) is 0 Å². The van der Waals surface area contributed by atoms with Crippen LogP contribution in [0.2, 0.25) is 5.02 Å². The summed E-state index contributed by atoms with van der Waals surface area (Å²) in [5.74, 6) is -2.79. The topological polar surface area (TPSA) is 162 Å². The molecule has 196 valence electrons. The van der Waals surface area contributed by atoms with Crippen LogP contribution < -0.4 is 40.2 Å². The predicted octanol–water partition coefficient (Wildman–Crippen LogP) is -1.01. The van der Waals surface area contributed by atoms with Crippen molar-refractivity contribution in [1.29, 1.82) is 0 Å². The van der Waals surface area contributed by atoms with Crippen molar-refractivity contribution in [2.75, 3.05) is 13.2 Å². The van der Waals surface area contributed by atoms with Crippen LogP contribution in [0.1, 0.15) is 45.1 Å². The Morgan fingerprint density at radius 2 is 2.03 bits per heavy atom. The Labute approximate surface area is 238 Å². The fraction of sp³-hybridized carbons (Fsp3) is 0.609. The molecule has 1 heterocycles. The number of halogens is 1. The van der Waals surface area contributed by atoms with Crippen LogP contribution in [0.3, 0.4) is 0 Å². The smallest absolute Gasteiger partial charge is 0.746 e. The molecule has 36 heavy (non-hydrogen) atoms. The summed E-state index contributed by atoms with van der Waals surface area (Å²) in [6.07, 6.45) is -0.406. The van der Waals surface area contributed by atoms with Crippen LogP contribution in [0.4, 0.5) is 4.79 Å². The number of hydrogen-bond acceptors (Lipinski definition) is 8. The average molecular weight is 555 g/mol. The van der Waals surface area contributed by atoms with E-state index in [1.54, 1.807) is 18.2 Å². The molecule has 3 N–H and O–H groups in total. The number of benzene rings is 1. The first-order valence-corrected chi connectivity index (χ1v) is 13.3. The zero-order chi connectivity index (χ0) is 26.2. The van der Waals surface area contributed by atoms with Gasteiger partial charge in [0.05, 0.1) is 12.6 Å². The second-order valence-corrected chi connectivity index (χ2v) is 11.1. The minimum absolute atomic E-state index is 0. The molecular weight excluding hydrogens is 523 g/mol. The number of alkyl carbamates (subject to hydrolysis) is 1. The van der Waals surface area contributed by atoms with E-state index in [2.05, 4.69) is 10.6 Å². The Kier molecular flexibility index (Phi) is 13.9. The Morgan fingerprint density at radius 1 is 1.33 bits per heavy atom. The summed E-state index contributed by atoms with van der Waals surface area (Å²) in [5.41, 5.74) is -1.48. The van der Waals surface area contributed by atoms with Crippen LogP contribution in [-0.4, -0.2) is 60.5 Å². The van der Waals surface area contributed by atoms with Crippen molar-refractivity contribution in [2.24, 2.45) is 17.8 Å². The summed E-state index contributed by atoms with van der Waals surface area (Å²) in [4.78, 5) is 37.3. The summed E-state index contributed by atoms with van der Waals surface area (Å²) >= 11 is 5.94. The minimum Gasteiger partial charge on any atom is -0.746 e. The number of ether oxygens (including phenoxy) is 1. The molecule has 4 atom stereocenters. The van der Waals surface area contributed by atoms with Crippen molar-refractivity contribution < 1.29 is 66.8 Å². The molecule has 1 unspecified atom stereocenters. The summed E-state index contributed by atoms with van der Waals surface area (Å²) in [5, 5.41) is 15.8. The molecule has 0 spiro atoms. The van der Waals surface area contributed by atoms with E-state index in [-0.39, 0.29) is 60.8 Å². The first-order valence-electron chi connectivity index (χ1n) is 11.5.